The summed E-state index contributed by atoms with van der Waals surface area (Å²) in [6.45, 7) is 3.81. The number of rotatable bonds is 1. The molecule has 0 aliphatic heterocycles. The number of nitrogens with one attached hydrogen (secondary N) is 1. The first-order valence-corrected chi connectivity index (χ1v) is 4.23. The highest BCUT2D eigenvalue weighted by atomic mass is 35.5. The maximum atomic E-state index is 11.1. The average molecular weight is 207 g/mol. The molecule has 0 saturated carbocycles. The highest BCUT2D eigenvalue weighted by Crippen LogP contribution is 2.16. The Hall–Kier alpha value is -0.540. The van der Waals surface area contributed by atoms with Crippen LogP contribution in [0.3, 0.4) is 0 Å². The van der Waals surface area contributed by atoms with E-state index in [0.717, 1.165) is 0 Å². The number of aromatic amines is 1. The molecule has 5 heteroatoms. The van der Waals surface area contributed by atoms with Gasteiger partial charge in [-0.15, -0.1) is 0 Å². The monoisotopic (exact) mass is 206 g/mol. The van der Waals surface area contributed by atoms with E-state index in [2.05, 4.69) is 9.97 Å². The highest BCUT2D eigenvalue weighted by Gasteiger charge is 2.08. The van der Waals surface area contributed by atoms with Crippen LogP contribution in [0.5, 0.6) is 0 Å². The first-order chi connectivity index (χ1) is 5.52. The summed E-state index contributed by atoms with van der Waals surface area (Å²) in [5.41, 5.74) is -0.389. The Labute approximate surface area is 79.7 Å². The Morgan fingerprint density at radius 3 is 2.42 bits per heavy atom. The molecule has 3 nitrogen and oxygen atoms in total. The van der Waals surface area contributed by atoms with E-state index < -0.39 is 0 Å². The van der Waals surface area contributed by atoms with Crippen LogP contribution < -0.4 is 5.56 Å². The van der Waals surface area contributed by atoms with Crippen molar-refractivity contribution in [3.05, 3.63) is 26.4 Å². The van der Waals surface area contributed by atoms with Crippen LogP contribution in [0.25, 0.3) is 0 Å². The zero-order valence-electron chi connectivity index (χ0n) is 6.69. The van der Waals surface area contributed by atoms with Gasteiger partial charge in [-0.05, 0) is 0 Å². The molecule has 66 valence electrons. The largest absolute Gasteiger partial charge is 0.309 e. The summed E-state index contributed by atoms with van der Waals surface area (Å²) in [6, 6.07) is 0. The second-order valence-electron chi connectivity index (χ2n) is 2.71. The second kappa shape index (κ2) is 3.46. The molecule has 0 radical (unpaired) electrons. The van der Waals surface area contributed by atoms with Gasteiger partial charge in [0.1, 0.15) is 10.8 Å². The molecule has 0 atom stereocenters. The fourth-order valence-electron chi connectivity index (χ4n) is 0.721. The van der Waals surface area contributed by atoms with Crippen LogP contribution in [-0.2, 0) is 0 Å². The number of halogens is 2. The van der Waals surface area contributed by atoms with Crippen LogP contribution in [0.1, 0.15) is 25.6 Å². The molecule has 0 unspecified atom stereocenters. The fourth-order valence-corrected chi connectivity index (χ4v) is 0.987. The van der Waals surface area contributed by atoms with E-state index in [1.165, 1.54) is 0 Å². The molecule has 0 bridgehead atoms. The smallest absolute Gasteiger partial charge is 0.271 e. The van der Waals surface area contributed by atoms with Gasteiger partial charge in [-0.2, -0.15) is 0 Å². The molecule has 12 heavy (non-hydrogen) atoms. The van der Waals surface area contributed by atoms with Crippen LogP contribution in [0.15, 0.2) is 4.79 Å². The lowest BCUT2D eigenvalue weighted by Gasteiger charge is -2.03. The quantitative estimate of drug-likeness (QED) is 0.717. The molecular weight excluding hydrogens is 199 g/mol. The normalized spacial score (nSPS) is 10.8. The Kier molecular flexibility index (Phi) is 2.75. The number of aromatic nitrogens is 2. The maximum absolute atomic E-state index is 11.1. The Balaban J connectivity index is 3.31. The molecule has 0 aliphatic rings. The van der Waals surface area contributed by atoms with Crippen molar-refractivity contribution in [3.63, 3.8) is 0 Å². The number of H-pyrrole nitrogens is 1. The van der Waals surface area contributed by atoms with Crippen molar-refractivity contribution >= 4 is 23.2 Å². The number of hydrogen-bond acceptors (Lipinski definition) is 2. The second-order valence-corrected chi connectivity index (χ2v) is 3.45. The van der Waals surface area contributed by atoms with Gasteiger partial charge in [-0.1, -0.05) is 37.0 Å². The standard InChI is InChI=1S/C7H8Cl2N2O/c1-3(2)6-10-5(9)4(8)7(12)11-6/h3H,1-2H3,(H,10,11,12). The molecule has 1 aromatic rings. The van der Waals surface area contributed by atoms with Gasteiger partial charge < -0.3 is 4.98 Å². The van der Waals surface area contributed by atoms with E-state index in [9.17, 15) is 4.79 Å². The van der Waals surface area contributed by atoms with Gasteiger partial charge in [0.2, 0.25) is 0 Å². The minimum Gasteiger partial charge on any atom is -0.309 e. The van der Waals surface area contributed by atoms with Crippen molar-refractivity contribution in [1.82, 2.24) is 9.97 Å². The lowest BCUT2D eigenvalue weighted by atomic mass is 10.2. The van der Waals surface area contributed by atoms with Gasteiger partial charge in [0.15, 0.2) is 5.15 Å². The summed E-state index contributed by atoms with van der Waals surface area (Å²) in [4.78, 5) is 17.5. The summed E-state index contributed by atoms with van der Waals surface area (Å²) in [6.07, 6.45) is 0. The van der Waals surface area contributed by atoms with Gasteiger partial charge >= 0.3 is 0 Å². The third kappa shape index (κ3) is 1.79. The fraction of sp³-hybridized carbons (Fsp3) is 0.429. The zero-order chi connectivity index (χ0) is 9.30. The van der Waals surface area contributed by atoms with Crippen molar-refractivity contribution in [2.75, 3.05) is 0 Å². The average Bonchev–Trinajstić information content (AvgIpc) is 1.99. The minimum atomic E-state index is -0.389. The topological polar surface area (TPSA) is 45.8 Å². The summed E-state index contributed by atoms with van der Waals surface area (Å²) in [5.74, 6) is 0.682. The highest BCUT2D eigenvalue weighted by molar-refractivity contribution is 6.40. The first-order valence-electron chi connectivity index (χ1n) is 3.47. The first kappa shape index (κ1) is 9.55. The Morgan fingerprint density at radius 1 is 1.42 bits per heavy atom. The van der Waals surface area contributed by atoms with Gasteiger partial charge in [0, 0.05) is 5.92 Å². The third-order valence-corrected chi connectivity index (χ3v) is 2.11. The van der Waals surface area contributed by atoms with Gasteiger partial charge in [0.05, 0.1) is 0 Å². The van der Waals surface area contributed by atoms with E-state index in [-0.39, 0.29) is 21.7 Å². The van der Waals surface area contributed by atoms with Crippen molar-refractivity contribution < 1.29 is 0 Å². The van der Waals surface area contributed by atoms with E-state index in [4.69, 9.17) is 23.2 Å². The van der Waals surface area contributed by atoms with Gasteiger partial charge in [0.25, 0.3) is 5.56 Å². The molecule has 0 aliphatic carbocycles. The summed E-state index contributed by atoms with van der Waals surface area (Å²) in [5, 5.41) is 0.00480. The maximum Gasteiger partial charge on any atom is 0.271 e. The molecule has 0 saturated heterocycles. The van der Waals surface area contributed by atoms with E-state index in [1.54, 1.807) is 0 Å². The van der Waals surface area contributed by atoms with Crippen LogP contribution in [0.4, 0.5) is 0 Å². The Bertz CT molecular complexity index is 346. The van der Waals surface area contributed by atoms with Crippen molar-refractivity contribution in [1.29, 1.82) is 0 Å². The summed E-state index contributed by atoms with van der Waals surface area (Å²) >= 11 is 11.1. The predicted octanol–water partition coefficient (Wildman–Crippen LogP) is 2.20. The van der Waals surface area contributed by atoms with Crippen LogP contribution >= 0.6 is 23.2 Å². The molecule has 0 spiro atoms. The molecule has 1 rings (SSSR count). The molecule has 1 heterocycles. The Morgan fingerprint density at radius 2 is 2.00 bits per heavy atom. The molecule has 0 fully saturated rings. The lowest BCUT2D eigenvalue weighted by Crippen LogP contribution is -2.13. The van der Waals surface area contributed by atoms with E-state index in [0.29, 0.717) is 5.82 Å². The summed E-state index contributed by atoms with van der Waals surface area (Å²) in [7, 11) is 0. The number of nitrogens with zero attached hydrogens (tertiary/aromatic N) is 1. The molecule has 1 N–H and O–H groups in total. The summed E-state index contributed by atoms with van der Waals surface area (Å²) < 4.78 is 0. The predicted molar refractivity (Wildman–Crippen MR) is 49.0 cm³/mol. The minimum absolute atomic E-state index is 0.0546. The molecule has 1 aromatic heterocycles. The molecule has 0 aromatic carbocycles. The van der Waals surface area contributed by atoms with Crippen molar-refractivity contribution in [2.45, 2.75) is 19.8 Å². The van der Waals surface area contributed by atoms with Crippen LogP contribution in [0.2, 0.25) is 10.2 Å². The van der Waals surface area contributed by atoms with Crippen LogP contribution in [-0.4, -0.2) is 9.97 Å². The molecular formula is C7H8Cl2N2O. The van der Waals surface area contributed by atoms with E-state index >= 15 is 0 Å². The van der Waals surface area contributed by atoms with Crippen molar-refractivity contribution in [3.8, 4) is 0 Å². The van der Waals surface area contributed by atoms with E-state index in [1.807, 2.05) is 13.8 Å². The van der Waals surface area contributed by atoms with Crippen LogP contribution in [0, 0.1) is 0 Å². The van der Waals surface area contributed by atoms with Crippen molar-refractivity contribution in [2.24, 2.45) is 0 Å². The number of hydrogen-bond donors (Lipinski definition) is 1. The molecule has 0 amide bonds. The third-order valence-electron chi connectivity index (χ3n) is 1.39. The van der Waals surface area contributed by atoms with Gasteiger partial charge in [-0.3, -0.25) is 4.79 Å². The lowest BCUT2D eigenvalue weighted by molar-refractivity contribution is 0.767. The SMILES string of the molecule is CC(C)c1nc(Cl)c(Cl)c(=O)[nH]1. The zero-order valence-corrected chi connectivity index (χ0v) is 8.20. The van der Waals surface area contributed by atoms with Gasteiger partial charge in [-0.25, -0.2) is 4.98 Å².